The second kappa shape index (κ2) is 8.83. The van der Waals surface area contributed by atoms with Gasteiger partial charge in [-0.15, -0.1) is 0 Å². The van der Waals surface area contributed by atoms with Crippen molar-refractivity contribution in [2.45, 2.75) is 129 Å². The highest BCUT2D eigenvalue weighted by Crippen LogP contribution is 2.68. The predicted molar refractivity (Wildman–Crippen MR) is 158 cm³/mol. The van der Waals surface area contributed by atoms with Gasteiger partial charge in [0.25, 0.3) is 0 Å². The van der Waals surface area contributed by atoms with Crippen molar-refractivity contribution in [3.8, 4) is 11.5 Å². The molecule has 6 aliphatic rings. The number of hydrogen-bond acceptors (Lipinski definition) is 11. The van der Waals surface area contributed by atoms with Gasteiger partial charge in [0.1, 0.15) is 17.1 Å². The molecular formula is C35H42O11. The lowest BCUT2D eigenvalue weighted by Crippen LogP contribution is -2.58. The molecule has 2 aliphatic carbocycles. The Morgan fingerprint density at radius 1 is 0.739 bits per heavy atom. The Labute approximate surface area is 267 Å². The minimum Gasteiger partial charge on any atom is -0.483 e. The lowest BCUT2D eigenvalue weighted by Gasteiger charge is -2.46. The standard InChI is InChI=1S/C35H42O11/c1-17-16-20(36)41-22-18(17)10-11-19-21(22)23(42-27(39)34-14-12-32(8,25(37)45-34)30(34,4)5)24(29(2,3)44-19)43-28(40)35-15-13-33(9,26(38)46-35)31(35,6)7/h10-11,17,23-24H,12-16H2,1-9H3/t17?,23-,24-,32+,33+,34-,35-/m1/s1. The molecule has 0 N–H and O–H groups in total. The molecule has 46 heavy (non-hydrogen) atoms. The number of benzene rings is 1. The smallest absolute Gasteiger partial charge is 0.351 e. The summed E-state index contributed by atoms with van der Waals surface area (Å²) in [5, 5.41) is 0. The highest BCUT2D eigenvalue weighted by atomic mass is 16.7. The van der Waals surface area contributed by atoms with Gasteiger partial charge in [-0.2, -0.15) is 0 Å². The third kappa shape index (κ3) is 3.36. The summed E-state index contributed by atoms with van der Waals surface area (Å²) in [4.78, 5) is 67.6. The van der Waals surface area contributed by atoms with E-state index in [0.717, 1.165) is 0 Å². The fraction of sp³-hybridized carbons (Fsp3) is 0.686. The molecule has 1 aromatic carbocycles. The lowest BCUT2D eigenvalue weighted by atomic mass is 9.66. The average molecular weight is 639 g/mol. The zero-order valence-corrected chi connectivity index (χ0v) is 27.9. The monoisotopic (exact) mass is 638 g/mol. The highest BCUT2D eigenvalue weighted by Gasteiger charge is 2.78. The molecule has 1 unspecified atom stereocenters. The number of carbonyl (C=O) groups excluding carboxylic acids is 5. The van der Waals surface area contributed by atoms with E-state index in [4.69, 9.17) is 28.4 Å². The molecule has 7 atom stereocenters. The minimum absolute atomic E-state index is 0.161. The molecule has 0 amide bonds. The fourth-order valence-electron chi connectivity index (χ4n) is 8.98. The van der Waals surface area contributed by atoms with Gasteiger partial charge >= 0.3 is 29.8 Å². The van der Waals surface area contributed by atoms with Crippen LogP contribution in [0.2, 0.25) is 0 Å². The van der Waals surface area contributed by atoms with Crippen molar-refractivity contribution in [3.63, 3.8) is 0 Å². The molecule has 11 nitrogen and oxygen atoms in total. The molecule has 4 aliphatic heterocycles. The lowest BCUT2D eigenvalue weighted by molar-refractivity contribution is -0.218. The highest BCUT2D eigenvalue weighted by molar-refractivity contribution is 5.95. The predicted octanol–water partition coefficient (Wildman–Crippen LogP) is 5.01. The van der Waals surface area contributed by atoms with Crippen LogP contribution in [0.3, 0.4) is 0 Å². The first-order valence-corrected chi connectivity index (χ1v) is 16.1. The van der Waals surface area contributed by atoms with E-state index in [1.807, 2.05) is 40.7 Å². The van der Waals surface area contributed by atoms with Crippen LogP contribution in [0.25, 0.3) is 0 Å². The van der Waals surface area contributed by atoms with Crippen molar-refractivity contribution in [1.82, 2.24) is 0 Å². The minimum atomic E-state index is -1.58. The second-order valence-corrected chi connectivity index (χ2v) is 16.2. The average Bonchev–Trinajstić information content (AvgIpc) is 3.42. The molecule has 1 aromatic rings. The summed E-state index contributed by atoms with van der Waals surface area (Å²) >= 11 is 0. The number of ether oxygens (including phenoxy) is 6. The van der Waals surface area contributed by atoms with Gasteiger partial charge in [0, 0.05) is 10.8 Å². The summed E-state index contributed by atoms with van der Waals surface area (Å²) < 4.78 is 36.6. The van der Waals surface area contributed by atoms with Gasteiger partial charge in [0.15, 0.2) is 12.2 Å². The van der Waals surface area contributed by atoms with Crippen LogP contribution in [0.5, 0.6) is 11.5 Å². The zero-order valence-electron chi connectivity index (χ0n) is 27.9. The third-order valence-electron chi connectivity index (χ3n) is 13.3. The van der Waals surface area contributed by atoms with Crippen LogP contribution in [-0.2, 0) is 42.9 Å². The van der Waals surface area contributed by atoms with E-state index in [-0.39, 0.29) is 36.5 Å². The SMILES string of the molecule is CC1CC(=O)Oc2c1ccc1c2[C@@H](OC(=O)[C@@]23CC[C@@](C)(C(=O)O2)C3(C)C)[C@@H](OC(=O)[C@@]23CC[C@@](C)(C(=O)O2)C3(C)C)C(C)(C)O1. The van der Waals surface area contributed by atoms with Gasteiger partial charge in [-0.1, -0.05) is 40.7 Å². The van der Waals surface area contributed by atoms with Crippen LogP contribution in [0.4, 0.5) is 0 Å². The number of fused-ring (bicyclic) bond motifs is 7. The molecule has 4 bridgehead atoms. The molecule has 248 valence electrons. The van der Waals surface area contributed by atoms with E-state index < -0.39 is 80.5 Å². The van der Waals surface area contributed by atoms with Gasteiger partial charge in [-0.05, 0) is 70.9 Å². The summed E-state index contributed by atoms with van der Waals surface area (Å²) in [6.45, 7) is 16.2. The van der Waals surface area contributed by atoms with Gasteiger partial charge in [-0.25, -0.2) is 9.59 Å². The number of esters is 5. The van der Waals surface area contributed by atoms with E-state index in [1.165, 1.54) is 0 Å². The molecule has 2 saturated carbocycles. The van der Waals surface area contributed by atoms with Crippen LogP contribution >= 0.6 is 0 Å². The Hall–Kier alpha value is -3.63. The maximum absolute atomic E-state index is 14.5. The van der Waals surface area contributed by atoms with E-state index in [1.54, 1.807) is 33.8 Å². The number of rotatable bonds is 4. The van der Waals surface area contributed by atoms with E-state index >= 15 is 0 Å². The molecule has 2 saturated heterocycles. The van der Waals surface area contributed by atoms with Crippen LogP contribution in [0.15, 0.2) is 12.1 Å². The topological polar surface area (TPSA) is 141 Å². The van der Waals surface area contributed by atoms with Crippen molar-refractivity contribution in [1.29, 1.82) is 0 Å². The molecule has 4 heterocycles. The summed E-state index contributed by atoms with van der Waals surface area (Å²) in [5.41, 5.74) is -7.02. The Morgan fingerprint density at radius 3 is 1.74 bits per heavy atom. The first kappa shape index (κ1) is 31.0. The van der Waals surface area contributed by atoms with E-state index in [0.29, 0.717) is 24.2 Å². The maximum Gasteiger partial charge on any atom is 0.351 e. The normalized spacial score (nSPS) is 40.2. The first-order valence-electron chi connectivity index (χ1n) is 16.1. The van der Waals surface area contributed by atoms with Crippen molar-refractivity contribution >= 4 is 29.8 Å². The molecule has 11 heteroatoms. The Morgan fingerprint density at radius 2 is 1.26 bits per heavy atom. The second-order valence-electron chi connectivity index (χ2n) is 16.2. The molecule has 7 rings (SSSR count). The van der Waals surface area contributed by atoms with Crippen LogP contribution in [0, 0.1) is 21.7 Å². The van der Waals surface area contributed by atoms with Crippen LogP contribution in [0.1, 0.15) is 118 Å². The van der Waals surface area contributed by atoms with Crippen LogP contribution in [-0.4, -0.2) is 52.8 Å². The summed E-state index contributed by atoms with van der Waals surface area (Å²) in [7, 11) is 0. The van der Waals surface area contributed by atoms with E-state index in [9.17, 15) is 24.0 Å². The van der Waals surface area contributed by atoms with Gasteiger partial charge < -0.3 is 28.4 Å². The van der Waals surface area contributed by atoms with Gasteiger partial charge in [0.2, 0.25) is 11.2 Å². The molecule has 0 spiro atoms. The van der Waals surface area contributed by atoms with E-state index in [2.05, 4.69) is 0 Å². The Bertz CT molecular complexity index is 1640. The van der Waals surface area contributed by atoms with Crippen molar-refractivity contribution in [2.75, 3.05) is 0 Å². The summed E-state index contributed by atoms with van der Waals surface area (Å²) in [5.74, 6) is -2.66. The molecule has 0 radical (unpaired) electrons. The summed E-state index contributed by atoms with van der Waals surface area (Å²) in [6.07, 6.45) is -1.03. The molecule has 4 fully saturated rings. The number of hydrogen-bond donors (Lipinski definition) is 0. The van der Waals surface area contributed by atoms with Crippen molar-refractivity contribution < 1.29 is 52.4 Å². The van der Waals surface area contributed by atoms with Crippen molar-refractivity contribution in [2.24, 2.45) is 21.7 Å². The van der Waals surface area contributed by atoms with Gasteiger partial charge in [-0.3, -0.25) is 14.4 Å². The number of carbonyl (C=O) groups is 5. The third-order valence-corrected chi connectivity index (χ3v) is 13.3. The summed E-state index contributed by atoms with van der Waals surface area (Å²) in [6, 6.07) is 3.55. The Balaban J connectivity index is 1.34. The molecular weight excluding hydrogens is 596 g/mol. The zero-order chi connectivity index (χ0) is 33.6. The maximum atomic E-state index is 14.5. The fourth-order valence-corrected chi connectivity index (χ4v) is 8.98. The quantitative estimate of drug-likeness (QED) is 0.250. The Kier molecular flexibility index (Phi) is 5.95. The first-order chi connectivity index (χ1) is 21.2. The van der Waals surface area contributed by atoms with Crippen LogP contribution < -0.4 is 9.47 Å². The molecule has 0 aromatic heterocycles. The van der Waals surface area contributed by atoms with Crippen molar-refractivity contribution in [3.05, 3.63) is 23.3 Å². The largest absolute Gasteiger partial charge is 0.483 e. The van der Waals surface area contributed by atoms with Gasteiger partial charge in [0.05, 0.1) is 22.8 Å².